The third-order valence-electron chi connectivity index (χ3n) is 2.09. The van der Waals surface area contributed by atoms with Crippen molar-refractivity contribution in [3.05, 3.63) is 12.2 Å². The van der Waals surface area contributed by atoms with Crippen LogP contribution in [0.5, 0.6) is 0 Å². The van der Waals surface area contributed by atoms with E-state index in [4.69, 9.17) is 5.11 Å². The van der Waals surface area contributed by atoms with Crippen LogP contribution in [0.3, 0.4) is 0 Å². The van der Waals surface area contributed by atoms with Crippen LogP contribution in [0.25, 0.3) is 0 Å². The molecule has 0 bridgehead atoms. The smallest absolute Gasteiger partial charge is 0.395 e. The van der Waals surface area contributed by atoms with Crippen LogP contribution in [0, 0.1) is 5.41 Å². The molecule has 1 aliphatic carbocycles. The molecule has 64 valence electrons. The lowest BCUT2D eigenvalue weighted by Gasteiger charge is -2.28. The van der Waals surface area contributed by atoms with Crippen molar-refractivity contribution in [1.82, 2.24) is 0 Å². The van der Waals surface area contributed by atoms with Gasteiger partial charge >= 0.3 is 6.18 Å². The first-order valence-corrected chi connectivity index (χ1v) is 3.34. The Morgan fingerprint density at radius 2 is 1.73 bits per heavy atom. The summed E-state index contributed by atoms with van der Waals surface area (Å²) in [5.74, 6) is 0. The minimum absolute atomic E-state index is 0.0903. The second-order valence-corrected chi connectivity index (χ2v) is 2.82. The molecule has 0 saturated heterocycles. The molecule has 0 aromatic carbocycles. The van der Waals surface area contributed by atoms with Crippen molar-refractivity contribution >= 4 is 0 Å². The van der Waals surface area contributed by atoms with Crippen LogP contribution < -0.4 is 0 Å². The Hall–Kier alpha value is -0.510. The van der Waals surface area contributed by atoms with Crippen LogP contribution in [-0.2, 0) is 0 Å². The lowest BCUT2D eigenvalue weighted by Crippen LogP contribution is -2.38. The fraction of sp³-hybridized carbons (Fsp3) is 0.714. The van der Waals surface area contributed by atoms with Gasteiger partial charge in [-0.1, -0.05) is 12.2 Å². The highest BCUT2D eigenvalue weighted by atomic mass is 19.4. The average molecular weight is 166 g/mol. The lowest BCUT2D eigenvalue weighted by atomic mass is 9.86. The molecule has 0 aromatic rings. The highest BCUT2D eigenvalue weighted by Gasteiger charge is 2.54. The SMILES string of the molecule is OCC1(C(F)(F)F)CC=CC1. The maximum Gasteiger partial charge on any atom is 0.397 e. The van der Waals surface area contributed by atoms with Gasteiger partial charge in [0.1, 0.15) is 0 Å². The zero-order valence-electron chi connectivity index (χ0n) is 5.86. The van der Waals surface area contributed by atoms with Crippen molar-refractivity contribution in [2.45, 2.75) is 19.0 Å². The van der Waals surface area contributed by atoms with Gasteiger partial charge < -0.3 is 5.11 Å². The quantitative estimate of drug-likeness (QED) is 0.589. The number of aliphatic hydroxyl groups excluding tert-OH is 1. The van der Waals surface area contributed by atoms with Crippen LogP contribution in [0.1, 0.15) is 12.8 Å². The molecule has 0 atom stereocenters. The van der Waals surface area contributed by atoms with Crippen LogP contribution in [0.2, 0.25) is 0 Å². The van der Waals surface area contributed by atoms with Gasteiger partial charge in [0, 0.05) is 0 Å². The molecule has 0 aliphatic heterocycles. The number of rotatable bonds is 1. The summed E-state index contributed by atoms with van der Waals surface area (Å²) in [4.78, 5) is 0. The highest BCUT2D eigenvalue weighted by Crippen LogP contribution is 2.46. The molecule has 0 amide bonds. The molecule has 4 heteroatoms. The second kappa shape index (κ2) is 2.52. The van der Waals surface area contributed by atoms with E-state index >= 15 is 0 Å². The van der Waals surface area contributed by atoms with Gasteiger partial charge in [0.05, 0.1) is 12.0 Å². The third-order valence-corrected chi connectivity index (χ3v) is 2.09. The van der Waals surface area contributed by atoms with Gasteiger partial charge in [0.2, 0.25) is 0 Å². The summed E-state index contributed by atoms with van der Waals surface area (Å²) in [6, 6.07) is 0. The monoisotopic (exact) mass is 166 g/mol. The fourth-order valence-corrected chi connectivity index (χ4v) is 1.15. The van der Waals surface area contributed by atoms with E-state index in [2.05, 4.69) is 0 Å². The minimum Gasteiger partial charge on any atom is -0.395 e. The number of halogens is 3. The Bertz CT molecular complexity index is 163. The van der Waals surface area contributed by atoms with Gasteiger partial charge in [0.25, 0.3) is 0 Å². The Balaban J connectivity index is 2.77. The minimum atomic E-state index is -4.29. The van der Waals surface area contributed by atoms with Crippen molar-refractivity contribution in [2.75, 3.05) is 6.61 Å². The summed E-state index contributed by atoms with van der Waals surface area (Å²) in [6.07, 6.45) is -1.54. The Morgan fingerprint density at radius 3 is 1.91 bits per heavy atom. The molecule has 1 nitrogen and oxygen atoms in total. The van der Waals surface area contributed by atoms with Crippen LogP contribution in [0.15, 0.2) is 12.2 Å². The normalized spacial score (nSPS) is 22.5. The van der Waals surface area contributed by atoms with Crippen LogP contribution in [-0.4, -0.2) is 17.9 Å². The maximum absolute atomic E-state index is 12.2. The van der Waals surface area contributed by atoms with Crippen molar-refractivity contribution in [3.8, 4) is 0 Å². The lowest BCUT2D eigenvalue weighted by molar-refractivity contribution is -0.231. The van der Waals surface area contributed by atoms with Gasteiger partial charge in [-0.15, -0.1) is 0 Å². The van der Waals surface area contributed by atoms with E-state index in [9.17, 15) is 13.2 Å². The summed E-state index contributed by atoms with van der Waals surface area (Å²) in [5, 5.41) is 8.59. The van der Waals surface area contributed by atoms with Gasteiger partial charge in [-0.2, -0.15) is 13.2 Å². The predicted molar refractivity (Wildman–Crippen MR) is 33.9 cm³/mol. The van der Waals surface area contributed by atoms with E-state index in [1.54, 1.807) is 0 Å². The van der Waals surface area contributed by atoms with Crippen molar-refractivity contribution in [1.29, 1.82) is 0 Å². The molecule has 0 saturated carbocycles. The summed E-state index contributed by atoms with van der Waals surface area (Å²) in [6.45, 7) is -0.816. The summed E-state index contributed by atoms with van der Waals surface area (Å²) in [7, 11) is 0. The standard InChI is InChI=1S/C7H9F3O/c8-7(9,10)6(5-11)3-1-2-4-6/h1-2,11H,3-5H2. The topological polar surface area (TPSA) is 20.2 Å². The summed E-state index contributed by atoms with van der Waals surface area (Å²) < 4.78 is 36.6. The molecule has 0 heterocycles. The molecule has 0 spiro atoms. The first kappa shape index (κ1) is 8.59. The van der Waals surface area contributed by atoms with E-state index in [0.717, 1.165) is 0 Å². The number of aliphatic hydroxyl groups is 1. The maximum atomic E-state index is 12.2. The zero-order valence-corrected chi connectivity index (χ0v) is 5.86. The van der Waals surface area contributed by atoms with E-state index < -0.39 is 18.2 Å². The van der Waals surface area contributed by atoms with Gasteiger partial charge in [0.15, 0.2) is 0 Å². The van der Waals surface area contributed by atoms with E-state index in [-0.39, 0.29) is 12.8 Å². The summed E-state index contributed by atoms with van der Waals surface area (Å²) >= 11 is 0. The van der Waals surface area contributed by atoms with Gasteiger partial charge in [-0.25, -0.2) is 0 Å². The van der Waals surface area contributed by atoms with E-state index in [0.29, 0.717) is 0 Å². The molecule has 0 radical (unpaired) electrons. The number of alkyl halides is 3. The highest BCUT2D eigenvalue weighted by molar-refractivity contribution is 5.05. The number of allylic oxidation sites excluding steroid dienone is 2. The molecular formula is C7H9F3O. The average Bonchev–Trinajstić information content (AvgIpc) is 2.33. The molecule has 0 fully saturated rings. The summed E-state index contributed by atoms with van der Waals surface area (Å²) in [5.41, 5.74) is -1.88. The third kappa shape index (κ3) is 1.27. The Morgan fingerprint density at radius 1 is 1.27 bits per heavy atom. The van der Waals surface area contributed by atoms with Crippen molar-refractivity contribution in [2.24, 2.45) is 5.41 Å². The predicted octanol–water partition coefficient (Wildman–Crippen LogP) is 1.88. The van der Waals surface area contributed by atoms with E-state index in [1.165, 1.54) is 12.2 Å². The zero-order chi connectivity index (χ0) is 8.54. The van der Waals surface area contributed by atoms with Gasteiger partial charge in [-0.3, -0.25) is 0 Å². The van der Waals surface area contributed by atoms with E-state index in [1.807, 2.05) is 0 Å². The van der Waals surface area contributed by atoms with Crippen LogP contribution in [0.4, 0.5) is 13.2 Å². The largest absolute Gasteiger partial charge is 0.397 e. The first-order valence-electron chi connectivity index (χ1n) is 3.34. The van der Waals surface area contributed by atoms with Crippen molar-refractivity contribution < 1.29 is 18.3 Å². The molecule has 11 heavy (non-hydrogen) atoms. The molecule has 1 rings (SSSR count). The molecular weight excluding hydrogens is 157 g/mol. The Labute approximate surface area is 62.5 Å². The van der Waals surface area contributed by atoms with Crippen molar-refractivity contribution in [3.63, 3.8) is 0 Å². The second-order valence-electron chi connectivity index (χ2n) is 2.82. The van der Waals surface area contributed by atoms with Gasteiger partial charge in [-0.05, 0) is 12.8 Å². The molecule has 0 unspecified atom stereocenters. The first-order chi connectivity index (χ1) is 5.02. The number of hydrogen-bond donors (Lipinski definition) is 1. The molecule has 1 N–H and O–H groups in total. The Kier molecular flexibility index (Phi) is 1.96. The fourth-order valence-electron chi connectivity index (χ4n) is 1.15. The molecule has 0 aromatic heterocycles. The van der Waals surface area contributed by atoms with Crippen LogP contribution >= 0.6 is 0 Å². The molecule has 1 aliphatic rings. The number of hydrogen-bond acceptors (Lipinski definition) is 1.